The minimum Gasteiger partial charge on any atom is -0.340 e. The Morgan fingerprint density at radius 2 is 2.29 bits per heavy atom. The summed E-state index contributed by atoms with van der Waals surface area (Å²) < 4.78 is 0. The van der Waals surface area contributed by atoms with Crippen molar-refractivity contribution in [3.63, 3.8) is 0 Å². The van der Waals surface area contributed by atoms with E-state index in [1.54, 1.807) is 4.90 Å². The monoisotopic (exact) mass is 256 g/mol. The largest absolute Gasteiger partial charge is 0.340 e. The van der Waals surface area contributed by atoms with E-state index in [1.807, 2.05) is 25.6 Å². The van der Waals surface area contributed by atoms with Crippen LogP contribution in [0, 0.1) is 5.92 Å². The topological polar surface area (TPSA) is 49.4 Å². The number of piperazine rings is 1. The van der Waals surface area contributed by atoms with Crippen molar-refractivity contribution in [2.45, 2.75) is 32.2 Å². The van der Waals surface area contributed by atoms with Crippen molar-refractivity contribution in [2.75, 3.05) is 24.6 Å². The molecule has 2 unspecified atom stereocenters. The molecule has 2 aliphatic heterocycles. The SMILES string of the molecule is CCC1(C)NC(=O)CN(CC2CCSC2)C1=O. The van der Waals surface area contributed by atoms with Gasteiger partial charge in [-0.2, -0.15) is 11.8 Å². The zero-order chi connectivity index (χ0) is 12.5. The summed E-state index contributed by atoms with van der Waals surface area (Å²) in [5, 5.41) is 2.81. The van der Waals surface area contributed by atoms with Crippen molar-refractivity contribution in [3.8, 4) is 0 Å². The Hall–Kier alpha value is -0.710. The second kappa shape index (κ2) is 4.88. The molecule has 1 N–H and O–H groups in total. The van der Waals surface area contributed by atoms with Crippen molar-refractivity contribution >= 4 is 23.6 Å². The molecule has 0 bridgehead atoms. The van der Waals surface area contributed by atoms with Crippen molar-refractivity contribution in [3.05, 3.63) is 0 Å². The van der Waals surface area contributed by atoms with Gasteiger partial charge in [0.05, 0.1) is 6.54 Å². The molecular formula is C12H20N2O2S. The quantitative estimate of drug-likeness (QED) is 0.815. The predicted molar refractivity (Wildman–Crippen MR) is 68.9 cm³/mol. The summed E-state index contributed by atoms with van der Waals surface area (Å²) in [7, 11) is 0. The molecule has 2 fully saturated rings. The Labute approximate surface area is 106 Å². The van der Waals surface area contributed by atoms with Crippen molar-refractivity contribution in [2.24, 2.45) is 5.92 Å². The third-order valence-electron chi connectivity index (χ3n) is 3.72. The number of carbonyl (C=O) groups excluding carboxylic acids is 2. The van der Waals surface area contributed by atoms with Gasteiger partial charge in [-0.1, -0.05) is 6.92 Å². The van der Waals surface area contributed by atoms with E-state index in [9.17, 15) is 9.59 Å². The number of amides is 2. The Balaban J connectivity index is 2.05. The van der Waals surface area contributed by atoms with Gasteiger partial charge in [-0.25, -0.2) is 0 Å². The molecule has 2 rings (SSSR count). The number of carbonyl (C=O) groups is 2. The highest BCUT2D eigenvalue weighted by Crippen LogP contribution is 2.26. The normalized spacial score (nSPS) is 34.0. The smallest absolute Gasteiger partial charge is 0.248 e. The molecule has 0 aromatic rings. The molecule has 0 aliphatic carbocycles. The lowest BCUT2D eigenvalue weighted by molar-refractivity contribution is -0.149. The van der Waals surface area contributed by atoms with Crippen LogP contribution < -0.4 is 5.32 Å². The second-order valence-corrected chi connectivity index (χ2v) is 6.30. The maximum absolute atomic E-state index is 12.3. The summed E-state index contributed by atoms with van der Waals surface area (Å²) in [6.45, 7) is 4.74. The highest BCUT2D eigenvalue weighted by molar-refractivity contribution is 7.99. The van der Waals surface area contributed by atoms with Crippen molar-refractivity contribution in [1.29, 1.82) is 0 Å². The fourth-order valence-electron chi connectivity index (χ4n) is 2.42. The Morgan fingerprint density at radius 3 is 2.88 bits per heavy atom. The summed E-state index contributed by atoms with van der Waals surface area (Å²) in [4.78, 5) is 25.7. The first kappa shape index (κ1) is 12.7. The van der Waals surface area contributed by atoms with Crippen LogP contribution in [0.15, 0.2) is 0 Å². The maximum atomic E-state index is 12.3. The van der Waals surface area contributed by atoms with E-state index >= 15 is 0 Å². The molecular weight excluding hydrogens is 236 g/mol. The summed E-state index contributed by atoms with van der Waals surface area (Å²) in [5.74, 6) is 2.92. The van der Waals surface area contributed by atoms with Gasteiger partial charge in [0.25, 0.3) is 0 Å². The summed E-state index contributed by atoms with van der Waals surface area (Å²) in [5.41, 5.74) is -0.693. The van der Waals surface area contributed by atoms with Crippen LogP contribution in [0.1, 0.15) is 26.7 Å². The second-order valence-electron chi connectivity index (χ2n) is 5.15. The Bertz CT molecular complexity index is 328. The van der Waals surface area contributed by atoms with Crippen LogP contribution in [0.5, 0.6) is 0 Å². The van der Waals surface area contributed by atoms with Gasteiger partial charge in [-0.05, 0) is 37.2 Å². The highest BCUT2D eigenvalue weighted by atomic mass is 32.2. The first-order valence-electron chi connectivity index (χ1n) is 6.23. The predicted octanol–water partition coefficient (Wildman–Crippen LogP) is 0.867. The number of thioether (sulfide) groups is 1. The molecule has 17 heavy (non-hydrogen) atoms. The third-order valence-corrected chi connectivity index (χ3v) is 4.95. The molecule has 0 saturated carbocycles. The molecule has 0 aromatic heterocycles. The molecule has 2 aliphatic rings. The Morgan fingerprint density at radius 1 is 1.53 bits per heavy atom. The van der Waals surface area contributed by atoms with E-state index in [1.165, 1.54) is 12.2 Å². The van der Waals surface area contributed by atoms with Gasteiger partial charge in [-0.15, -0.1) is 0 Å². The van der Waals surface area contributed by atoms with Gasteiger partial charge >= 0.3 is 0 Å². The lowest BCUT2D eigenvalue weighted by Crippen LogP contribution is -2.65. The van der Waals surface area contributed by atoms with Crippen LogP contribution in [0.4, 0.5) is 0 Å². The number of hydrogen-bond acceptors (Lipinski definition) is 3. The zero-order valence-corrected chi connectivity index (χ0v) is 11.3. The van der Waals surface area contributed by atoms with E-state index < -0.39 is 5.54 Å². The van der Waals surface area contributed by atoms with Crippen LogP contribution in [-0.4, -0.2) is 46.8 Å². The van der Waals surface area contributed by atoms with Gasteiger partial charge in [0, 0.05) is 6.54 Å². The van der Waals surface area contributed by atoms with E-state index in [0.717, 1.165) is 12.3 Å². The minimum absolute atomic E-state index is 0.0281. The fraction of sp³-hybridized carbons (Fsp3) is 0.833. The Kier molecular flexibility index (Phi) is 3.66. The number of hydrogen-bond donors (Lipinski definition) is 1. The fourth-order valence-corrected chi connectivity index (χ4v) is 3.69. The van der Waals surface area contributed by atoms with Crippen LogP contribution in [0.25, 0.3) is 0 Å². The van der Waals surface area contributed by atoms with E-state index in [-0.39, 0.29) is 18.4 Å². The zero-order valence-electron chi connectivity index (χ0n) is 10.5. The maximum Gasteiger partial charge on any atom is 0.248 e. The molecule has 4 nitrogen and oxygen atoms in total. The van der Waals surface area contributed by atoms with Gasteiger partial charge in [0.2, 0.25) is 11.8 Å². The molecule has 0 radical (unpaired) electrons. The van der Waals surface area contributed by atoms with Gasteiger partial charge in [-0.3, -0.25) is 9.59 Å². The minimum atomic E-state index is -0.693. The lowest BCUT2D eigenvalue weighted by Gasteiger charge is -2.40. The molecule has 2 atom stereocenters. The molecule has 2 heterocycles. The highest BCUT2D eigenvalue weighted by Gasteiger charge is 2.42. The van der Waals surface area contributed by atoms with Crippen LogP contribution in [-0.2, 0) is 9.59 Å². The first-order chi connectivity index (χ1) is 8.05. The average molecular weight is 256 g/mol. The molecule has 5 heteroatoms. The van der Waals surface area contributed by atoms with Crippen molar-refractivity contribution < 1.29 is 9.59 Å². The van der Waals surface area contributed by atoms with Gasteiger partial charge in [0.15, 0.2) is 0 Å². The van der Waals surface area contributed by atoms with Crippen LogP contribution >= 0.6 is 11.8 Å². The van der Waals surface area contributed by atoms with E-state index in [4.69, 9.17) is 0 Å². The first-order valence-corrected chi connectivity index (χ1v) is 7.39. The molecule has 2 saturated heterocycles. The van der Waals surface area contributed by atoms with Crippen molar-refractivity contribution in [1.82, 2.24) is 10.2 Å². The number of nitrogens with one attached hydrogen (secondary N) is 1. The van der Waals surface area contributed by atoms with Crippen LogP contribution in [0.3, 0.4) is 0 Å². The summed E-state index contributed by atoms with van der Waals surface area (Å²) in [6, 6.07) is 0. The van der Waals surface area contributed by atoms with Gasteiger partial charge < -0.3 is 10.2 Å². The third kappa shape index (κ3) is 2.59. The standard InChI is InChI=1S/C12H20N2O2S/c1-3-12(2)11(16)14(7-10(15)13-12)6-9-4-5-17-8-9/h9H,3-8H2,1-2H3,(H,13,15). The van der Waals surface area contributed by atoms with E-state index in [2.05, 4.69) is 5.32 Å². The van der Waals surface area contributed by atoms with E-state index in [0.29, 0.717) is 12.3 Å². The lowest BCUT2D eigenvalue weighted by atomic mass is 9.93. The number of rotatable bonds is 3. The van der Waals surface area contributed by atoms with Crippen LogP contribution in [0.2, 0.25) is 0 Å². The van der Waals surface area contributed by atoms with Gasteiger partial charge in [0.1, 0.15) is 5.54 Å². The molecule has 0 spiro atoms. The molecule has 96 valence electrons. The molecule has 0 aromatic carbocycles. The summed E-state index contributed by atoms with van der Waals surface area (Å²) in [6.07, 6.45) is 1.81. The average Bonchev–Trinajstić information content (AvgIpc) is 2.78. The summed E-state index contributed by atoms with van der Waals surface area (Å²) >= 11 is 1.94. The molecule has 2 amide bonds. The number of nitrogens with zero attached hydrogens (tertiary/aromatic N) is 1.